The van der Waals surface area contributed by atoms with Gasteiger partial charge in [-0.1, -0.05) is 39.7 Å². The molecular formula is C20H18BrClN2O3. The molecule has 1 aliphatic heterocycles. The first-order valence-corrected chi connectivity index (χ1v) is 10.4. The molecule has 27 heavy (non-hydrogen) atoms. The van der Waals surface area contributed by atoms with Crippen LogP contribution < -0.4 is 5.32 Å². The molecule has 7 heteroatoms. The third-order valence-corrected chi connectivity index (χ3v) is 7.46. The number of halogens is 2. The van der Waals surface area contributed by atoms with Gasteiger partial charge in [0.05, 0.1) is 22.5 Å². The molecule has 5 nitrogen and oxygen atoms in total. The number of benzene rings is 1. The van der Waals surface area contributed by atoms with Gasteiger partial charge >= 0.3 is 0 Å². The second-order valence-corrected chi connectivity index (χ2v) is 9.31. The summed E-state index contributed by atoms with van der Waals surface area (Å²) in [6.07, 6.45) is 5.37. The van der Waals surface area contributed by atoms with Crippen molar-refractivity contribution in [2.75, 3.05) is 5.32 Å². The van der Waals surface area contributed by atoms with E-state index in [0.29, 0.717) is 22.5 Å². The van der Waals surface area contributed by atoms with Gasteiger partial charge in [0.15, 0.2) is 0 Å². The van der Waals surface area contributed by atoms with Crippen LogP contribution in [0.25, 0.3) is 0 Å². The van der Waals surface area contributed by atoms with E-state index < -0.39 is 11.9 Å². The Balaban J connectivity index is 1.38. The number of nitrogens with zero attached hydrogens (tertiary/aromatic N) is 1. The van der Waals surface area contributed by atoms with Gasteiger partial charge in [0.1, 0.15) is 6.04 Å². The third kappa shape index (κ3) is 2.46. The summed E-state index contributed by atoms with van der Waals surface area (Å²) in [6, 6.07) is 4.26. The minimum atomic E-state index is -0.869. The Hall–Kier alpha value is -1.66. The number of imide groups is 1. The highest BCUT2D eigenvalue weighted by Gasteiger charge is 2.67. The Morgan fingerprint density at radius 2 is 1.78 bits per heavy atom. The second kappa shape index (κ2) is 5.92. The van der Waals surface area contributed by atoms with Crippen molar-refractivity contribution >= 4 is 50.9 Å². The molecule has 0 spiro atoms. The third-order valence-electron chi connectivity index (χ3n) is 6.65. The van der Waals surface area contributed by atoms with Gasteiger partial charge in [-0.2, -0.15) is 0 Å². The van der Waals surface area contributed by atoms with Crippen LogP contribution in [0.5, 0.6) is 0 Å². The number of hydrogen-bond acceptors (Lipinski definition) is 3. The molecular weight excluding hydrogens is 432 g/mol. The molecule has 2 saturated carbocycles. The lowest BCUT2D eigenvalue weighted by molar-refractivity contribution is -0.146. The van der Waals surface area contributed by atoms with Crippen LogP contribution in [-0.2, 0) is 14.4 Å². The van der Waals surface area contributed by atoms with Gasteiger partial charge in [-0.3, -0.25) is 19.3 Å². The number of likely N-dealkylation sites (tertiary alicyclic amines) is 1. The lowest BCUT2D eigenvalue weighted by Crippen LogP contribution is -2.46. The SMILES string of the molecule is C[C@@H](C(=O)Nc1ccc(Br)cc1Cl)N1C(=O)[C@@H]2[C@@H]3C=C[C@H]([C@H]4C[C@H]34)[C@@H]2C1=O. The quantitative estimate of drug-likeness (QED) is 0.567. The normalized spacial score (nSPS) is 36.5. The molecule has 3 amide bonds. The van der Waals surface area contributed by atoms with Crippen molar-refractivity contribution in [2.24, 2.45) is 35.5 Å². The smallest absolute Gasteiger partial charge is 0.247 e. The molecule has 4 aliphatic carbocycles. The molecule has 1 heterocycles. The summed E-state index contributed by atoms with van der Waals surface area (Å²) in [5.74, 6) is 0.0200. The van der Waals surface area contributed by atoms with E-state index in [0.717, 1.165) is 10.9 Å². The molecule has 140 valence electrons. The highest BCUT2D eigenvalue weighted by Crippen LogP contribution is 2.65. The summed E-state index contributed by atoms with van der Waals surface area (Å²) in [4.78, 5) is 40.1. The van der Waals surface area contributed by atoms with Gasteiger partial charge in [-0.05, 0) is 55.2 Å². The topological polar surface area (TPSA) is 66.5 Å². The van der Waals surface area contributed by atoms with E-state index in [2.05, 4.69) is 33.4 Å². The highest BCUT2D eigenvalue weighted by atomic mass is 79.9. The predicted molar refractivity (Wildman–Crippen MR) is 104 cm³/mol. The van der Waals surface area contributed by atoms with Crippen molar-refractivity contribution in [3.05, 3.63) is 39.8 Å². The molecule has 7 atom stereocenters. The molecule has 0 unspecified atom stereocenters. The second-order valence-electron chi connectivity index (χ2n) is 7.99. The molecule has 1 saturated heterocycles. The lowest BCUT2D eigenvalue weighted by atomic mass is 9.63. The van der Waals surface area contributed by atoms with E-state index in [4.69, 9.17) is 11.6 Å². The average molecular weight is 450 g/mol. The van der Waals surface area contributed by atoms with Crippen LogP contribution >= 0.6 is 27.5 Å². The first kappa shape index (κ1) is 17.4. The van der Waals surface area contributed by atoms with Crippen LogP contribution in [0.1, 0.15) is 13.3 Å². The van der Waals surface area contributed by atoms with Crippen molar-refractivity contribution in [1.29, 1.82) is 0 Å². The number of hydrogen-bond donors (Lipinski definition) is 1. The minimum Gasteiger partial charge on any atom is -0.323 e. The maximum Gasteiger partial charge on any atom is 0.247 e. The number of anilines is 1. The average Bonchev–Trinajstić information content (AvgIpc) is 3.41. The molecule has 1 aromatic carbocycles. The Kier molecular flexibility index (Phi) is 3.82. The zero-order valence-electron chi connectivity index (χ0n) is 14.6. The maximum atomic E-state index is 13.1. The van der Waals surface area contributed by atoms with E-state index in [1.165, 1.54) is 4.90 Å². The summed E-state index contributed by atoms with van der Waals surface area (Å²) in [5.41, 5.74) is 0.455. The number of carbonyl (C=O) groups is 3. The van der Waals surface area contributed by atoms with Crippen LogP contribution in [0.2, 0.25) is 5.02 Å². The summed E-state index contributed by atoms with van der Waals surface area (Å²) in [5, 5.41) is 3.13. The van der Waals surface area contributed by atoms with Gasteiger partial charge in [-0.25, -0.2) is 0 Å². The maximum absolute atomic E-state index is 13.1. The Labute approximate surface area is 170 Å². The largest absolute Gasteiger partial charge is 0.323 e. The predicted octanol–water partition coefficient (Wildman–Crippen LogP) is 3.48. The van der Waals surface area contributed by atoms with Crippen molar-refractivity contribution in [3.8, 4) is 0 Å². The van der Waals surface area contributed by atoms with Crippen LogP contribution in [0.4, 0.5) is 5.69 Å². The van der Waals surface area contributed by atoms with E-state index in [9.17, 15) is 14.4 Å². The zero-order valence-corrected chi connectivity index (χ0v) is 16.9. The number of carbonyl (C=O) groups excluding carboxylic acids is 3. The molecule has 0 radical (unpaired) electrons. The van der Waals surface area contributed by atoms with Crippen molar-refractivity contribution in [2.45, 2.75) is 19.4 Å². The summed E-state index contributed by atoms with van der Waals surface area (Å²) in [6.45, 7) is 1.60. The van der Waals surface area contributed by atoms with Gasteiger partial charge in [0.2, 0.25) is 17.7 Å². The summed E-state index contributed by atoms with van der Waals surface area (Å²) < 4.78 is 0.800. The number of rotatable bonds is 3. The lowest BCUT2D eigenvalue weighted by Gasteiger charge is -2.37. The summed E-state index contributed by atoms with van der Waals surface area (Å²) in [7, 11) is 0. The van der Waals surface area contributed by atoms with Gasteiger partial charge in [-0.15, -0.1) is 0 Å². The van der Waals surface area contributed by atoms with E-state index in [-0.39, 0.29) is 35.5 Å². The molecule has 1 N–H and O–H groups in total. The van der Waals surface area contributed by atoms with E-state index in [1.54, 1.807) is 25.1 Å². The Morgan fingerprint density at radius 3 is 2.33 bits per heavy atom. The molecule has 0 aromatic heterocycles. The van der Waals surface area contributed by atoms with Crippen molar-refractivity contribution in [1.82, 2.24) is 4.90 Å². The molecule has 2 bridgehead atoms. The van der Waals surface area contributed by atoms with Crippen LogP contribution in [0, 0.1) is 35.5 Å². The minimum absolute atomic E-state index is 0.155. The standard InChI is InChI=1S/C20H18BrClN2O3/c1-8(18(25)23-15-5-2-9(21)6-14(15)22)24-19(26)16-10-3-4-11(13-7-12(10)13)17(16)20(24)27/h2-6,8,10-13,16-17H,7H2,1H3,(H,23,25)/t8-,10+,11+,12+,13+,16-,17+/m0/s1. The Bertz CT molecular complexity index is 880. The van der Waals surface area contributed by atoms with Crippen LogP contribution in [0.3, 0.4) is 0 Å². The van der Waals surface area contributed by atoms with E-state index >= 15 is 0 Å². The number of amides is 3. The fraction of sp³-hybridized carbons (Fsp3) is 0.450. The van der Waals surface area contributed by atoms with Crippen molar-refractivity contribution in [3.63, 3.8) is 0 Å². The van der Waals surface area contributed by atoms with Gasteiger partial charge in [0, 0.05) is 4.47 Å². The fourth-order valence-electron chi connectivity index (χ4n) is 5.31. The number of allylic oxidation sites excluding steroid dienone is 2. The molecule has 5 aliphatic rings. The molecule has 3 fully saturated rings. The van der Waals surface area contributed by atoms with Crippen LogP contribution in [-0.4, -0.2) is 28.7 Å². The molecule has 6 rings (SSSR count). The van der Waals surface area contributed by atoms with Crippen LogP contribution in [0.15, 0.2) is 34.8 Å². The first-order valence-electron chi connectivity index (χ1n) is 9.19. The molecule has 1 aromatic rings. The number of nitrogens with one attached hydrogen (secondary N) is 1. The highest BCUT2D eigenvalue weighted by molar-refractivity contribution is 9.10. The Morgan fingerprint density at radius 1 is 1.19 bits per heavy atom. The zero-order chi connectivity index (χ0) is 19.0. The monoisotopic (exact) mass is 448 g/mol. The van der Waals surface area contributed by atoms with E-state index in [1.807, 2.05) is 0 Å². The van der Waals surface area contributed by atoms with Crippen molar-refractivity contribution < 1.29 is 14.4 Å². The van der Waals surface area contributed by atoms with Gasteiger partial charge in [0.25, 0.3) is 0 Å². The summed E-state index contributed by atoms with van der Waals surface area (Å²) >= 11 is 9.48. The fourth-order valence-corrected chi connectivity index (χ4v) is 6.03. The first-order chi connectivity index (χ1) is 12.9. The van der Waals surface area contributed by atoms with Gasteiger partial charge < -0.3 is 5.32 Å².